The van der Waals surface area contributed by atoms with Crippen LogP contribution in [0.15, 0.2) is 18.4 Å². The normalized spacial score (nSPS) is 8.55. The van der Waals surface area contributed by atoms with Crippen molar-refractivity contribution in [1.82, 2.24) is 4.90 Å². The largest absolute Gasteiger partial charge is 0.343 e. The highest BCUT2D eigenvalue weighted by Crippen LogP contribution is 1.93. The zero-order chi connectivity index (χ0) is 8.69. The van der Waals surface area contributed by atoms with E-state index < -0.39 is 0 Å². The maximum Gasteiger partial charge on any atom is 0.226 e. The predicted molar refractivity (Wildman–Crippen MR) is 46.3 cm³/mol. The van der Waals surface area contributed by atoms with Crippen LogP contribution in [0.2, 0.25) is 0 Å². The summed E-state index contributed by atoms with van der Waals surface area (Å²) in [6, 6.07) is 0. The van der Waals surface area contributed by atoms with Gasteiger partial charge in [-0.25, -0.2) is 0 Å². The summed E-state index contributed by atoms with van der Waals surface area (Å²) in [5.41, 5.74) is 2.58. The third kappa shape index (κ3) is 3.64. The Morgan fingerprint density at radius 2 is 2.09 bits per heavy atom. The van der Waals surface area contributed by atoms with Crippen LogP contribution < -0.4 is 0 Å². The molecular formula is C9H15NO. The van der Waals surface area contributed by atoms with Crippen molar-refractivity contribution in [3.05, 3.63) is 18.4 Å². The SMILES string of the molecule is C=C=CCC(=O)N(CC)CC. The maximum atomic E-state index is 11.2. The highest BCUT2D eigenvalue weighted by atomic mass is 16.2. The standard InChI is InChI=1S/C9H15NO/c1-4-7-8-9(11)10(5-2)6-3/h7H,1,5-6,8H2,2-3H3. The number of hydrogen-bond acceptors (Lipinski definition) is 1. The van der Waals surface area contributed by atoms with Crippen molar-refractivity contribution >= 4 is 5.91 Å². The summed E-state index contributed by atoms with van der Waals surface area (Å²) in [4.78, 5) is 13.0. The monoisotopic (exact) mass is 153 g/mol. The van der Waals surface area contributed by atoms with Gasteiger partial charge in [-0.2, -0.15) is 0 Å². The molecule has 0 atom stereocenters. The third-order valence-electron chi connectivity index (χ3n) is 1.54. The van der Waals surface area contributed by atoms with Gasteiger partial charge in [-0.3, -0.25) is 4.79 Å². The minimum absolute atomic E-state index is 0.145. The second-order valence-electron chi connectivity index (χ2n) is 2.18. The zero-order valence-electron chi connectivity index (χ0n) is 7.26. The highest BCUT2D eigenvalue weighted by Gasteiger charge is 2.05. The Balaban J connectivity index is 3.88. The minimum Gasteiger partial charge on any atom is -0.343 e. The molecule has 0 spiro atoms. The first-order chi connectivity index (χ1) is 5.26. The first kappa shape index (κ1) is 9.99. The van der Waals surface area contributed by atoms with E-state index in [0.29, 0.717) is 6.42 Å². The summed E-state index contributed by atoms with van der Waals surface area (Å²) in [6.45, 7) is 8.89. The highest BCUT2D eigenvalue weighted by molar-refractivity contribution is 5.77. The fraction of sp³-hybridized carbons (Fsp3) is 0.556. The summed E-state index contributed by atoms with van der Waals surface area (Å²) in [5.74, 6) is 0.145. The van der Waals surface area contributed by atoms with Crippen molar-refractivity contribution in [2.45, 2.75) is 20.3 Å². The second kappa shape index (κ2) is 5.75. The van der Waals surface area contributed by atoms with Crippen LogP contribution in [-0.2, 0) is 4.79 Å². The van der Waals surface area contributed by atoms with E-state index in [1.165, 1.54) is 0 Å². The topological polar surface area (TPSA) is 20.3 Å². The molecule has 0 saturated carbocycles. The van der Waals surface area contributed by atoms with Gasteiger partial charge in [0.25, 0.3) is 0 Å². The fourth-order valence-electron chi connectivity index (χ4n) is 0.865. The van der Waals surface area contributed by atoms with Crippen LogP contribution in [-0.4, -0.2) is 23.9 Å². The summed E-state index contributed by atoms with van der Waals surface area (Å²) in [6.07, 6.45) is 2.08. The lowest BCUT2D eigenvalue weighted by molar-refractivity contribution is -0.129. The van der Waals surface area contributed by atoms with Crippen LogP contribution in [0, 0.1) is 0 Å². The van der Waals surface area contributed by atoms with Crippen molar-refractivity contribution in [1.29, 1.82) is 0 Å². The molecule has 0 unspecified atom stereocenters. The molecule has 0 rings (SSSR count). The molecule has 0 aliphatic rings. The first-order valence-electron chi connectivity index (χ1n) is 3.88. The van der Waals surface area contributed by atoms with Gasteiger partial charge in [-0.05, 0) is 19.9 Å². The number of hydrogen-bond donors (Lipinski definition) is 0. The number of amides is 1. The Bertz CT molecular complexity index is 164. The molecule has 11 heavy (non-hydrogen) atoms. The third-order valence-corrected chi connectivity index (χ3v) is 1.54. The van der Waals surface area contributed by atoms with E-state index in [1.54, 1.807) is 11.0 Å². The van der Waals surface area contributed by atoms with E-state index in [0.717, 1.165) is 13.1 Å². The van der Waals surface area contributed by atoms with Gasteiger partial charge in [-0.1, -0.05) is 6.58 Å². The maximum absolute atomic E-state index is 11.2. The first-order valence-corrected chi connectivity index (χ1v) is 3.88. The molecule has 0 heterocycles. The van der Waals surface area contributed by atoms with E-state index in [-0.39, 0.29) is 5.91 Å². The molecule has 0 bridgehead atoms. The van der Waals surface area contributed by atoms with E-state index in [2.05, 4.69) is 12.3 Å². The molecule has 2 heteroatoms. The number of nitrogens with zero attached hydrogens (tertiary/aromatic N) is 1. The van der Waals surface area contributed by atoms with Gasteiger partial charge in [0.15, 0.2) is 0 Å². The quantitative estimate of drug-likeness (QED) is 0.561. The van der Waals surface area contributed by atoms with Crippen LogP contribution >= 0.6 is 0 Å². The van der Waals surface area contributed by atoms with Gasteiger partial charge < -0.3 is 4.90 Å². The van der Waals surface area contributed by atoms with E-state index in [9.17, 15) is 4.79 Å². The molecule has 0 radical (unpaired) electrons. The lowest BCUT2D eigenvalue weighted by atomic mass is 10.3. The molecule has 0 aliphatic heterocycles. The molecule has 0 fully saturated rings. The molecular weight excluding hydrogens is 138 g/mol. The molecule has 62 valence electrons. The number of carbonyl (C=O) groups excluding carboxylic acids is 1. The summed E-state index contributed by atoms with van der Waals surface area (Å²) >= 11 is 0. The Morgan fingerprint density at radius 3 is 2.45 bits per heavy atom. The van der Waals surface area contributed by atoms with Crippen LogP contribution in [0.3, 0.4) is 0 Å². The average molecular weight is 153 g/mol. The lowest BCUT2D eigenvalue weighted by Crippen LogP contribution is -2.29. The van der Waals surface area contributed by atoms with Crippen molar-refractivity contribution < 1.29 is 4.79 Å². The van der Waals surface area contributed by atoms with Crippen molar-refractivity contribution in [2.24, 2.45) is 0 Å². The Hall–Kier alpha value is -1.01. The molecule has 0 aromatic rings. The summed E-state index contributed by atoms with van der Waals surface area (Å²) in [7, 11) is 0. The van der Waals surface area contributed by atoms with Gasteiger partial charge in [0.1, 0.15) is 0 Å². The van der Waals surface area contributed by atoms with Crippen LogP contribution in [0.25, 0.3) is 0 Å². The van der Waals surface area contributed by atoms with E-state index in [1.807, 2.05) is 13.8 Å². The Morgan fingerprint density at radius 1 is 1.55 bits per heavy atom. The fourth-order valence-corrected chi connectivity index (χ4v) is 0.865. The van der Waals surface area contributed by atoms with Gasteiger partial charge >= 0.3 is 0 Å². The van der Waals surface area contributed by atoms with Crippen molar-refractivity contribution in [3.63, 3.8) is 0 Å². The molecule has 0 aliphatic carbocycles. The van der Waals surface area contributed by atoms with E-state index in [4.69, 9.17) is 0 Å². The zero-order valence-corrected chi connectivity index (χ0v) is 7.26. The Kier molecular flexibility index (Phi) is 5.22. The van der Waals surface area contributed by atoms with Crippen LogP contribution in [0.1, 0.15) is 20.3 Å². The number of rotatable bonds is 4. The molecule has 0 aromatic carbocycles. The van der Waals surface area contributed by atoms with Crippen molar-refractivity contribution in [2.75, 3.05) is 13.1 Å². The Labute approximate surface area is 68.2 Å². The smallest absolute Gasteiger partial charge is 0.226 e. The summed E-state index contributed by atoms with van der Waals surface area (Å²) < 4.78 is 0. The second-order valence-corrected chi connectivity index (χ2v) is 2.18. The van der Waals surface area contributed by atoms with Gasteiger partial charge in [-0.15, -0.1) is 5.73 Å². The molecule has 0 aromatic heterocycles. The minimum atomic E-state index is 0.145. The van der Waals surface area contributed by atoms with Crippen molar-refractivity contribution in [3.8, 4) is 0 Å². The molecule has 2 nitrogen and oxygen atoms in total. The van der Waals surface area contributed by atoms with Gasteiger partial charge in [0.2, 0.25) is 5.91 Å². The lowest BCUT2D eigenvalue weighted by Gasteiger charge is -2.16. The van der Waals surface area contributed by atoms with Crippen LogP contribution in [0.4, 0.5) is 0 Å². The van der Waals surface area contributed by atoms with Crippen LogP contribution in [0.5, 0.6) is 0 Å². The van der Waals surface area contributed by atoms with Gasteiger partial charge in [0, 0.05) is 13.1 Å². The van der Waals surface area contributed by atoms with E-state index >= 15 is 0 Å². The molecule has 0 saturated heterocycles. The number of carbonyl (C=O) groups is 1. The van der Waals surface area contributed by atoms with Gasteiger partial charge in [0.05, 0.1) is 6.42 Å². The summed E-state index contributed by atoms with van der Waals surface area (Å²) in [5, 5.41) is 0. The average Bonchev–Trinajstić information content (AvgIpc) is 2.03. The predicted octanol–water partition coefficient (Wildman–Crippen LogP) is 1.59. The molecule has 0 N–H and O–H groups in total. The molecule has 1 amide bonds.